The molecule has 7 heteroatoms. The third kappa shape index (κ3) is 4.35. The van der Waals surface area contributed by atoms with Gasteiger partial charge < -0.3 is 4.90 Å². The summed E-state index contributed by atoms with van der Waals surface area (Å²) in [5.74, 6) is -2.78. The lowest BCUT2D eigenvalue weighted by atomic mass is 10.2. The number of amides is 1. The van der Waals surface area contributed by atoms with Crippen LogP contribution in [-0.4, -0.2) is 32.0 Å². The van der Waals surface area contributed by atoms with Gasteiger partial charge in [-0.25, -0.2) is 17.2 Å². The molecule has 0 bridgehead atoms. The predicted molar refractivity (Wildman–Crippen MR) is 81.3 cm³/mol. The molecule has 0 saturated heterocycles. The summed E-state index contributed by atoms with van der Waals surface area (Å²) in [6.07, 6.45) is 0. The van der Waals surface area contributed by atoms with Crippen LogP contribution in [0.25, 0.3) is 0 Å². The Morgan fingerprint density at radius 1 is 1.04 bits per heavy atom. The molecule has 0 fully saturated rings. The molecule has 0 spiro atoms. The highest BCUT2D eigenvalue weighted by molar-refractivity contribution is 7.92. The number of sulfone groups is 1. The van der Waals surface area contributed by atoms with Crippen LogP contribution in [-0.2, 0) is 21.2 Å². The van der Waals surface area contributed by atoms with Crippen molar-refractivity contribution in [3.05, 3.63) is 65.7 Å². The van der Waals surface area contributed by atoms with E-state index in [1.807, 2.05) is 0 Å². The Kier molecular flexibility index (Phi) is 5.10. The van der Waals surface area contributed by atoms with Crippen LogP contribution in [0.4, 0.5) is 8.78 Å². The standard InChI is InChI=1S/C16H15F2NO3S/c1-19(10-12-6-8-13(17)9-7-12)16(20)11-23(21,22)15-5-3-2-4-14(15)18/h2-9H,10-11H2,1H3. The first kappa shape index (κ1) is 17.1. The van der Waals surface area contributed by atoms with Gasteiger partial charge in [0.25, 0.3) is 0 Å². The van der Waals surface area contributed by atoms with E-state index < -0.39 is 38.0 Å². The summed E-state index contributed by atoms with van der Waals surface area (Å²) in [7, 11) is -2.63. The smallest absolute Gasteiger partial charge is 0.238 e. The van der Waals surface area contributed by atoms with Gasteiger partial charge in [0.2, 0.25) is 5.91 Å². The van der Waals surface area contributed by atoms with Crippen molar-refractivity contribution in [2.75, 3.05) is 12.8 Å². The lowest BCUT2D eigenvalue weighted by molar-refractivity contribution is -0.127. The SMILES string of the molecule is CN(Cc1ccc(F)cc1)C(=O)CS(=O)(=O)c1ccccc1F. The number of benzene rings is 2. The molecule has 0 aliphatic rings. The van der Waals surface area contributed by atoms with Gasteiger partial charge in [-0.3, -0.25) is 4.79 Å². The first-order valence-electron chi connectivity index (χ1n) is 6.75. The molecule has 0 N–H and O–H groups in total. The molecule has 1 amide bonds. The van der Waals surface area contributed by atoms with Crippen molar-refractivity contribution in [2.45, 2.75) is 11.4 Å². The number of rotatable bonds is 5. The Morgan fingerprint density at radius 3 is 2.26 bits per heavy atom. The molecule has 2 aromatic rings. The average Bonchev–Trinajstić information content (AvgIpc) is 2.49. The summed E-state index contributed by atoms with van der Waals surface area (Å²) in [6, 6.07) is 10.4. The minimum atomic E-state index is -4.06. The molecule has 0 unspecified atom stereocenters. The van der Waals surface area contributed by atoms with Crippen LogP contribution >= 0.6 is 0 Å². The third-order valence-corrected chi connectivity index (χ3v) is 4.87. The monoisotopic (exact) mass is 339 g/mol. The summed E-state index contributed by atoms with van der Waals surface area (Å²) >= 11 is 0. The Balaban J connectivity index is 2.08. The van der Waals surface area contributed by atoms with Gasteiger partial charge in [-0.2, -0.15) is 0 Å². The number of halogens is 2. The zero-order chi connectivity index (χ0) is 17.0. The van der Waals surface area contributed by atoms with Crippen LogP contribution in [0.15, 0.2) is 53.4 Å². The molecule has 23 heavy (non-hydrogen) atoms. The molecule has 0 aromatic heterocycles. The fourth-order valence-electron chi connectivity index (χ4n) is 2.00. The van der Waals surface area contributed by atoms with Gasteiger partial charge in [-0.1, -0.05) is 24.3 Å². The minimum absolute atomic E-state index is 0.131. The minimum Gasteiger partial charge on any atom is -0.341 e. The molecule has 0 aliphatic carbocycles. The van der Waals surface area contributed by atoms with E-state index in [1.165, 1.54) is 48.3 Å². The fourth-order valence-corrected chi connectivity index (χ4v) is 3.35. The Labute approximate surface area is 133 Å². The molecule has 4 nitrogen and oxygen atoms in total. The topological polar surface area (TPSA) is 54.5 Å². The van der Waals surface area contributed by atoms with Gasteiger partial charge in [0.15, 0.2) is 9.84 Å². The van der Waals surface area contributed by atoms with Crippen molar-refractivity contribution < 1.29 is 22.0 Å². The second-order valence-electron chi connectivity index (χ2n) is 5.07. The number of hydrogen-bond acceptors (Lipinski definition) is 3. The highest BCUT2D eigenvalue weighted by atomic mass is 32.2. The summed E-state index contributed by atoms with van der Waals surface area (Å²) in [5.41, 5.74) is 0.658. The maximum atomic E-state index is 13.6. The zero-order valence-corrected chi connectivity index (χ0v) is 13.2. The summed E-state index contributed by atoms with van der Waals surface area (Å²) in [4.78, 5) is 12.8. The largest absolute Gasteiger partial charge is 0.341 e. The molecule has 2 aromatic carbocycles. The molecular formula is C16H15F2NO3S. The molecule has 2 rings (SSSR count). The third-order valence-electron chi connectivity index (χ3n) is 3.24. The number of carbonyl (C=O) groups excluding carboxylic acids is 1. The maximum Gasteiger partial charge on any atom is 0.238 e. The zero-order valence-electron chi connectivity index (χ0n) is 12.4. The first-order chi connectivity index (χ1) is 10.8. The van der Waals surface area contributed by atoms with E-state index in [0.29, 0.717) is 5.56 Å². The van der Waals surface area contributed by atoms with E-state index in [9.17, 15) is 22.0 Å². The van der Waals surface area contributed by atoms with Crippen LogP contribution in [0.5, 0.6) is 0 Å². The van der Waals surface area contributed by atoms with Gasteiger partial charge in [0, 0.05) is 13.6 Å². The van der Waals surface area contributed by atoms with Gasteiger partial charge in [-0.15, -0.1) is 0 Å². The van der Waals surface area contributed by atoms with E-state index >= 15 is 0 Å². The fraction of sp³-hybridized carbons (Fsp3) is 0.188. The number of hydrogen-bond donors (Lipinski definition) is 0. The Bertz CT molecular complexity index is 804. The van der Waals surface area contributed by atoms with E-state index in [4.69, 9.17) is 0 Å². The van der Waals surface area contributed by atoms with Crippen LogP contribution in [0.2, 0.25) is 0 Å². The highest BCUT2D eigenvalue weighted by Gasteiger charge is 2.24. The van der Waals surface area contributed by atoms with Crippen LogP contribution in [0.1, 0.15) is 5.56 Å². The quantitative estimate of drug-likeness (QED) is 0.840. The second-order valence-corrected chi connectivity index (χ2v) is 7.02. The molecule has 0 saturated carbocycles. The molecular weight excluding hydrogens is 324 g/mol. The van der Waals surface area contributed by atoms with Crippen molar-refractivity contribution in [3.63, 3.8) is 0 Å². The molecule has 122 valence electrons. The summed E-state index contributed by atoms with van der Waals surface area (Å²) in [5, 5.41) is 0. The van der Waals surface area contributed by atoms with Gasteiger partial charge >= 0.3 is 0 Å². The van der Waals surface area contributed by atoms with E-state index in [0.717, 1.165) is 12.1 Å². The van der Waals surface area contributed by atoms with E-state index in [-0.39, 0.29) is 6.54 Å². The van der Waals surface area contributed by atoms with Crippen molar-refractivity contribution in [2.24, 2.45) is 0 Å². The van der Waals surface area contributed by atoms with Crippen molar-refractivity contribution in [1.29, 1.82) is 0 Å². The molecule has 0 atom stereocenters. The maximum absolute atomic E-state index is 13.6. The first-order valence-corrected chi connectivity index (χ1v) is 8.40. The summed E-state index contributed by atoms with van der Waals surface area (Å²) < 4.78 is 50.7. The number of carbonyl (C=O) groups is 1. The van der Waals surface area contributed by atoms with Gasteiger partial charge in [-0.05, 0) is 29.8 Å². The van der Waals surface area contributed by atoms with Gasteiger partial charge in [0.05, 0.1) is 0 Å². The van der Waals surface area contributed by atoms with Crippen LogP contribution < -0.4 is 0 Å². The number of nitrogens with zero attached hydrogens (tertiary/aromatic N) is 1. The van der Waals surface area contributed by atoms with Crippen LogP contribution in [0.3, 0.4) is 0 Å². The second kappa shape index (κ2) is 6.87. The molecule has 0 radical (unpaired) electrons. The van der Waals surface area contributed by atoms with Crippen molar-refractivity contribution >= 4 is 15.7 Å². The molecule has 0 heterocycles. The van der Waals surface area contributed by atoms with E-state index in [2.05, 4.69) is 0 Å². The highest BCUT2D eigenvalue weighted by Crippen LogP contribution is 2.16. The Hall–Kier alpha value is -2.28. The predicted octanol–water partition coefficient (Wildman–Crippen LogP) is 2.40. The molecule has 0 aliphatic heterocycles. The lowest BCUT2D eigenvalue weighted by Gasteiger charge is -2.17. The van der Waals surface area contributed by atoms with Crippen LogP contribution in [0, 0.1) is 11.6 Å². The van der Waals surface area contributed by atoms with Gasteiger partial charge in [0.1, 0.15) is 22.3 Å². The van der Waals surface area contributed by atoms with Crippen molar-refractivity contribution in [3.8, 4) is 0 Å². The van der Waals surface area contributed by atoms with E-state index in [1.54, 1.807) is 0 Å². The summed E-state index contributed by atoms with van der Waals surface area (Å²) in [6.45, 7) is 0.131. The normalized spacial score (nSPS) is 11.3. The van der Waals surface area contributed by atoms with Crippen molar-refractivity contribution in [1.82, 2.24) is 4.90 Å². The Morgan fingerprint density at radius 2 is 1.65 bits per heavy atom. The lowest BCUT2D eigenvalue weighted by Crippen LogP contribution is -2.32. The average molecular weight is 339 g/mol.